The predicted octanol–water partition coefficient (Wildman–Crippen LogP) is 4.49. The molecule has 0 N–H and O–H groups in total. The van der Waals surface area contributed by atoms with E-state index in [1.807, 2.05) is 0 Å². The summed E-state index contributed by atoms with van der Waals surface area (Å²) in [7, 11) is 0. The zero-order valence-corrected chi connectivity index (χ0v) is 14.6. The van der Waals surface area contributed by atoms with Crippen LogP contribution in [0, 0.1) is 23.3 Å². The van der Waals surface area contributed by atoms with Gasteiger partial charge in [0.05, 0.1) is 6.04 Å². The number of amides is 2. The SMILES string of the molecule is O=C(N1CC(=Cc2ccc(F)c(F)c2)C1)N1N=CCC1c1cc(F)cc(F)c1. The number of hydrazone groups is 1. The Kier molecular flexibility index (Phi) is 4.62. The molecule has 2 aliphatic rings. The topological polar surface area (TPSA) is 35.9 Å². The standard InChI is InChI=1S/C20H15F4N3O/c21-15-7-14(8-16(22)9-15)19-3-4-25-27(19)20(28)26-10-13(11-26)5-12-1-2-17(23)18(24)6-12/h1-2,4-9,19H,3,10-11H2. The highest BCUT2D eigenvalue weighted by atomic mass is 19.2. The maximum Gasteiger partial charge on any atom is 0.341 e. The maximum atomic E-state index is 13.5. The number of urea groups is 1. The monoisotopic (exact) mass is 389 g/mol. The van der Waals surface area contributed by atoms with Crippen molar-refractivity contribution < 1.29 is 22.4 Å². The van der Waals surface area contributed by atoms with Gasteiger partial charge in [-0.05, 0) is 41.0 Å². The molecule has 1 unspecified atom stereocenters. The molecule has 1 fully saturated rings. The molecular weight excluding hydrogens is 374 g/mol. The minimum atomic E-state index is -0.932. The van der Waals surface area contributed by atoms with Crippen molar-refractivity contribution in [2.45, 2.75) is 12.5 Å². The zero-order valence-electron chi connectivity index (χ0n) is 14.6. The summed E-state index contributed by atoms with van der Waals surface area (Å²) < 4.78 is 53.3. The first-order valence-corrected chi connectivity index (χ1v) is 8.62. The molecule has 0 saturated carbocycles. The van der Waals surface area contributed by atoms with Gasteiger partial charge in [0, 0.05) is 31.8 Å². The third-order valence-corrected chi connectivity index (χ3v) is 4.67. The van der Waals surface area contributed by atoms with Crippen molar-refractivity contribution >= 4 is 18.3 Å². The van der Waals surface area contributed by atoms with Gasteiger partial charge in [-0.25, -0.2) is 27.4 Å². The molecular formula is C20H15F4N3O. The van der Waals surface area contributed by atoms with Gasteiger partial charge in [0.25, 0.3) is 0 Å². The molecule has 2 amide bonds. The van der Waals surface area contributed by atoms with Crippen molar-refractivity contribution in [3.05, 3.63) is 76.4 Å². The number of benzene rings is 2. The number of rotatable bonds is 2. The lowest BCUT2D eigenvalue weighted by atomic mass is 10.0. The van der Waals surface area contributed by atoms with Crippen LogP contribution in [0.5, 0.6) is 0 Å². The Bertz CT molecular complexity index is 977. The highest BCUT2D eigenvalue weighted by molar-refractivity contribution is 5.80. The molecule has 144 valence electrons. The van der Waals surface area contributed by atoms with Gasteiger partial charge in [0.2, 0.25) is 0 Å². The fourth-order valence-electron chi connectivity index (χ4n) is 3.30. The second-order valence-corrected chi connectivity index (χ2v) is 6.71. The summed E-state index contributed by atoms with van der Waals surface area (Å²) in [6, 6.07) is 5.78. The molecule has 1 atom stereocenters. The molecule has 1 saturated heterocycles. The van der Waals surface area contributed by atoms with Crippen LogP contribution in [0.4, 0.5) is 22.4 Å². The summed E-state index contributed by atoms with van der Waals surface area (Å²) in [5.41, 5.74) is 1.71. The lowest BCUT2D eigenvalue weighted by Crippen LogP contribution is -2.49. The van der Waals surface area contributed by atoms with Crippen molar-refractivity contribution in [2.24, 2.45) is 5.10 Å². The number of halogens is 4. The summed E-state index contributed by atoms with van der Waals surface area (Å²) in [6.45, 7) is 0.627. The average Bonchev–Trinajstić information content (AvgIpc) is 3.09. The van der Waals surface area contributed by atoms with Crippen LogP contribution in [-0.2, 0) is 0 Å². The molecule has 28 heavy (non-hydrogen) atoms. The van der Waals surface area contributed by atoms with Gasteiger partial charge in [-0.1, -0.05) is 12.1 Å². The molecule has 2 aliphatic heterocycles. The fourth-order valence-corrected chi connectivity index (χ4v) is 3.30. The molecule has 0 bridgehead atoms. The van der Waals surface area contributed by atoms with Crippen LogP contribution in [0.2, 0.25) is 0 Å². The van der Waals surface area contributed by atoms with E-state index in [0.29, 0.717) is 30.6 Å². The van der Waals surface area contributed by atoms with Gasteiger partial charge in [-0.3, -0.25) is 0 Å². The largest absolute Gasteiger partial charge is 0.341 e. The van der Waals surface area contributed by atoms with Crippen LogP contribution >= 0.6 is 0 Å². The van der Waals surface area contributed by atoms with Crippen LogP contribution in [0.15, 0.2) is 47.1 Å². The van der Waals surface area contributed by atoms with E-state index in [4.69, 9.17) is 0 Å². The highest BCUT2D eigenvalue weighted by Gasteiger charge is 2.35. The number of hydrogen-bond donors (Lipinski definition) is 0. The quantitative estimate of drug-likeness (QED) is 0.697. The summed E-state index contributed by atoms with van der Waals surface area (Å²) in [6.07, 6.45) is 3.59. The third-order valence-electron chi connectivity index (χ3n) is 4.67. The van der Waals surface area contributed by atoms with E-state index < -0.39 is 29.3 Å². The van der Waals surface area contributed by atoms with Gasteiger partial charge in [0.15, 0.2) is 11.6 Å². The Morgan fingerprint density at radius 2 is 1.71 bits per heavy atom. The molecule has 8 heteroatoms. The highest BCUT2D eigenvalue weighted by Crippen LogP contribution is 2.32. The smallest absolute Gasteiger partial charge is 0.315 e. The van der Waals surface area contributed by atoms with E-state index in [2.05, 4.69) is 5.10 Å². The molecule has 2 aromatic rings. The predicted molar refractivity (Wildman–Crippen MR) is 95.4 cm³/mol. The second kappa shape index (κ2) is 7.10. The summed E-state index contributed by atoms with van der Waals surface area (Å²) in [5, 5.41) is 5.26. The van der Waals surface area contributed by atoms with E-state index in [9.17, 15) is 22.4 Å². The Morgan fingerprint density at radius 1 is 1.00 bits per heavy atom. The second-order valence-electron chi connectivity index (χ2n) is 6.71. The molecule has 0 radical (unpaired) electrons. The normalized spacial score (nSPS) is 18.4. The molecule has 0 spiro atoms. The van der Waals surface area contributed by atoms with E-state index in [1.54, 1.807) is 6.08 Å². The Hall–Kier alpha value is -3.16. The lowest BCUT2D eigenvalue weighted by Gasteiger charge is -2.37. The molecule has 4 nitrogen and oxygen atoms in total. The van der Waals surface area contributed by atoms with Crippen molar-refractivity contribution in [1.29, 1.82) is 0 Å². The van der Waals surface area contributed by atoms with Crippen LogP contribution in [0.1, 0.15) is 23.6 Å². The molecule has 2 aromatic carbocycles. The van der Waals surface area contributed by atoms with Gasteiger partial charge in [-0.2, -0.15) is 5.10 Å². The Morgan fingerprint density at radius 3 is 2.39 bits per heavy atom. The first kappa shape index (κ1) is 18.2. The summed E-state index contributed by atoms with van der Waals surface area (Å²) in [5.74, 6) is -3.28. The van der Waals surface area contributed by atoms with Gasteiger partial charge >= 0.3 is 6.03 Å². The molecule has 4 rings (SSSR count). The van der Waals surface area contributed by atoms with E-state index in [-0.39, 0.29) is 6.03 Å². The van der Waals surface area contributed by atoms with Crippen molar-refractivity contribution in [1.82, 2.24) is 9.91 Å². The maximum absolute atomic E-state index is 13.5. The molecule has 0 aliphatic carbocycles. The molecule has 2 heterocycles. The Labute approximate surface area is 158 Å². The first-order chi connectivity index (χ1) is 13.4. The first-order valence-electron chi connectivity index (χ1n) is 8.62. The minimum Gasteiger partial charge on any atom is -0.315 e. The minimum absolute atomic E-state index is 0.314. The number of likely N-dealkylation sites (tertiary alicyclic amines) is 1. The summed E-state index contributed by atoms with van der Waals surface area (Å²) >= 11 is 0. The lowest BCUT2D eigenvalue weighted by molar-refractivity contribution is 0.136. The van der Waals surface area contributed by atoms with E-state index in [0.717, 1.165) is 23.8 Å². The Balaban J connectivity index is 1.44. The summed E-state index contributed by atoms with van der Waals surface area (Å²) in [4.78, 5) is 14.2. The van der Waals surface area contributed by atoms with Crippen LogP contribution < -0.4 is 0 Å². The zero-order chi connectivity index (χ0) is 19.8. The van der Waals surface area contributed by atoms with Gasteiger partial charge in [0.1, 0.15) is 11.6 Å². The van der Waals surface area contributed by atoms with Gasteiger partial charge < -0.3 is 4.90 Å². The van der Waals surface area contributed by atoms with Gasteiger partial charge in [-0.15, -0.1) is 0 Å². The van der Waals surface area contributed by atoms with Crippen LogP contribution in [-0.4, -0.2) is 35.2 Å². The van der Waals surface area contributed by atoms with E-state index in [1.165, 1.54) is 34.3 Å². The van der Waals surface area contributed by atoms with Crippen LogP contribution in [0.25, 0.3) is 6.08 Å². The van der Waals surface area contributed by atoms with Crippen LogP contribution in [0.3, 0.4) is 0 Å². The third kappa shape index (κ3) is 3.49. The number of hydrogen-bond acceptors (Lipinski definition) is 2. The number of nitrogens with zero attached hydrogens (tertiary/aromatic N) is 3. The van der Waals surface area contributed by atoms with Crippen molar-refractivity contribution in [3.8, 4) is 0 Å². The average molecular weight is 389 g/mol. The molecule has 0 aromatic heterocycles. The number of carbonyl (C=O) groups excluding carboxylic acids is 1. The fraction of sp³-hybridized carbons (Fsp3) is 0.200. The van der Waals surface area contributed by atoms with E-state index >= 15 is 0 Å². The number of carbonyl (C=O) groups is 1. The van der Waals surface area contributed by atoms with Crippen molar-refractivity contribution in [2.75, 3.05) is 13.1 Å². The van der Waals surface area contributed by atoms with Crippen molar-refractivity contribution in [3.63, 3.8) is 0 Å².